The number of hydrogen-bond acceptors (Lipinski definition) is 7. The van der Waals surface area contributed by atoms with Crippen LogP contribution in [0.15, 0.2) is 54.6 Å². The molecule has 0 spiro atoms. The summed E-state index contributed by atoms with van der Waals surface area (Å²) in [5.74, 6) is 1.36. The van der Waals surface area contributed by atoms with Crippen molar-refractivity contribution in [3.05, 3.63) is 82.4 Å². The molecule has 3 rings (SSSR count). The number of aliphatic hydroxyl groups excluding tert-OH is 1. The molecule has 8 nitrogen and oxygen atoms in total. The lowest BCUT2D eigenvalue weighted by Crippen LogP contribution is -2.29. The van der Waals surface area contributed by atoms with Gasteiger partial charge in [0, 0.05) is 12.5 Å². The third kappa shape index (κ3) is 6.69. The van der Waals surface area contributed by atoms with E-state index in [4.69, 9.17) is 9.47 Å². The number of aryl methyl sites for hydroxylation is 2. The molecule has 3 aromatic rings. The molecule has 0 aliphatic rings. The number of aliphatic hydroxyl groups is 1. The maximum atomic E-state index is 11.7. The molecule has 0 saturated carbocycles. The van der Waals surface area contributed by atoms with Crippen LogP contribution in [0.2, 0.25) is 0 Å². The number of hydrogen-bond donors (Lipinski definition) is 4. The molecular weight excluding hydrogens is 480 g/mol. The van der Waals surface area contributed by atoms with Gasteiger partial charge >= 0.3 is 0 Å². The van der Waals surface area contributed by atoms with Crippen LogP contribution >= 0.6 is 0 Å². The van der Waals surface area contributed by atoms with Crippen LogP contribution in [0.4, 0.5) is 5.69 Å². The molecule has 9 heteroatoms. The van der Waals surface area contributed by atoms with Crippen molar-refractivity contribution in [2.24, 2.45) is 0 Å². The van der Waals surface area contributed by atoms with Crippen LogP contribution in [0, 0.1) is 13.8 Å². The van der Waals surface area contributed by atoms with E-state index in [1.165, 1.54) is 12.1 Å². The Balaban J connectivity index is 1.94. The van der Waals surface area contributed by atoms with Gasteiger partial charge in [-0.1, -0.05) is 30.3 Å². The van der Waals surface area contributed by atoms with Gasteiger partial charge in [0.25, 0.3) is 0 Å². The molecule has 0 radical (unpaired) electrons. The molecule has 36 heavy (non-hydrogen) atoms. The van der Waals surface area contributed by atoms with Crippen molar-refractivity contribution in [1.82, 2.24) is 5.32 Å². The van der Waals surface area contributed by atoms with Crippen LogP contribution in [-0.2, 0) is 10.0 Å². The maximum Gasteiger partial charge on any atom is 0.229 e. The molecule has 0 saturated heterocycles. The topological polar surface area (TPSA) is 117 Å². The summed E-state index contributed by atoms with van der Waals surface area (Å²) < 4.78 is 36.5. The number of benzene rings is 3. The second-order valence-corrected chi connectivity index (χ2v) is 10.6. The number of nitrogens with one attached hydrogen (secondary N) is 2. The number of sulfonamides is 1. The van der Waals surface area contributed by atoms with Crippen molar-refractivity contribution >= 4 is 15.7 Å². The summed E-state index contributed by atoms with van der Waals surface area (Å²) in [7, 11) is -0.294. The normalized spacial score (nSPS) is 12.4. The highest BCUT2D eigenvalue weighted by molar-refractivity contribution is 7.92. The fraction of sp³-hybridized carbons (Fsp3) is 0.333. The largest absolute Gasteiger partial charge is 0.506 e. The molecule has 0 heterocycles. The lowest BCUT2D eigenvalue weighted by atomic mass is 9.88. The zero-order chi connectivity index (χ0) is 26.5. The van der Waals surface area contributed by atoms with Gasteiger partial charge in [-0.3, -0.25) is 4.72 Å². The monoisotopic (exact) mass is 514 g/mol. The van der Waals surface area contributed by atoms with E-state index in [9.17, 15) is 18.6 Å². The van der Waals surface area contributed by atoms with Crippen LogP contribution < -0.4 is 19.5 Å². The van der Waals surface area contributed by atoms with Crippen LogP contribution in [0.25, 0.3) is 0 Å². The van der Waals surface area contributed by atoms with Gasteiger partial charge in [-0.2, -0.15) is 0 Å². The lowest BCUT2D eigenvalue weighted by molar-refractivity contribution is 0.243. The number of phenolic OH excluding ortho intramolecular Hbond substituents is 1. The first kappa shape index (κ1) is 27.3. The van der Waals surface area contributed by atoms with E-state index in [2.05, 4.69) is 22.2 Å². The van der Waals surface area contributed by atoms with E-state index in [1.807, 2.05) is 38.1 Å². The lowest BCUT2D eigenvalue weighted by Gasteiger charge is -2.25. The summed E-state index contributed by atoms with van der Waals surface area (Å²) in [6.45, 7) is 4.25. The quantitative estimate of drug-likeness (QED) is 0.287. The molecule has 3 aromatic carbocycles. The van der Waals surface area contributed by atoms with E-state index >= 15 is 0 Å². The summed E-state index contributed by atoms with van der Waals surface area (Å²) in [6.07, 6.45) is 1.01. The fourth-order valence-electron chi connectivity index (χ4n) is 4.26. The molecule has 194 valence electrons. The molecule has 1 atom stereocenters. The minimum atomic E-state index is -3.58. The third-order valence-electron chi connectivity index (χ3n) is 6.11. The van der Waals surface area contributed by atoms with Crippen molar-refractivity contribution in [3.63, 3.8) is 0 Å². The molecule has 0 unspecified atom stereocenters. The Kier molecular flexibility index (Phi) is 8.84. The van der Waals surface area contributed by atoms with Gasteiger partial charge in [0.15, 0.2) is 0 Å². The number of methoxy groups -OCH3 is 2. The Labute approximate surface area is 213 Å². The predicted octanol–water partition coefficient (Wildman–Crippen LogP) is 3.85. The number of rotatable bonds is 11. The van der Waals surface area contributed by atoms with E-state index in [-0.39, 0.29) is 24.0 Å². The van der Waals surface area contributed by atoms with E-state index < -0.39 is 16.1 Å². The Morgan fingerprint density at radius 1 is 0.861 bits per heavy atom. The van der Waals surface area contributed by atoms with Crippen LogP contribution in [0.5, 0.6) is 17.2 Å². The Morgan fingerprint density at radius 3 is 1.83 bits per heavy atom. The van der Waals surface area contributed by atoms with Gasteiger partial charge in [0.2, 0.25) is 10.0 Å². The number of ether oxygens (including phenoxy) is 2. The number of aromatic hydroxyl groups is 1. The fourth-order valence-corrected chi connectivity index (χ4v) is 4.83. The minimum absolute atomic E-state index is 0.0565. The molecule has 0 aliphatic heterocycles. The summed E-state index contributed by atoms with van der Waals surface area (Å²) in [5.41, 5.74) is 4.87. The van der Waals surface area contributed by atoms with Gasteiger partial charge in [0.1, 0.15) is 17.2 Å². The molecule has 0 aliphatic carbocycles. The number of phenols is 1. The van der Waals surface area contributed by atoms with Crippen molar-refractivity contribution in [2.45, 2.75) is 25.8 Å². The summed E-state index contributed by atoms with van der Waals surface area (Å²) >= 11 is 0. The zero-order valence-corrected chi connectivity index (χ0v) is 22.0. The van der Waals surface area contributed by atoms with Crippen LogP contribution in [0.3, 0.4) is 0 Å². The van der Waals surface area contributed by atoms with Gasteiger partial charge in [-0.25, -0.2) is 8.42 Å². The van der Waals surface area contributed by atoms with Gasteiger partial charge in [-0.15, -0.1) is 0 Å². The van der Waals surface area contributed by atoms with Crippen molar-refractivity contribution in [1.29, 1.82) is 0 Å². The van der Waals surface area contributed by atoms with Gasteiger partial charge in [-0.05, 0) is 65.9 Å². The molecule has 0 fully saturated rings. The summed E-state index contributed by atoms with van der Waals surface area (Å²) in [6, 6.07) is 16.2. The van der Waals surface area contributed by atoms with Crippen molar-refractivity contribution in [3.8, 4) is 17.2 Å². The van der Waals surface area contributed by atoms with Crippen molar-refractivity contribution in [2.75, 3.05) is 38.3 Å². The minimum Gasteiger partial charge on any atom is -0.506 e. The van der Waals surface area contributed by atoms with Gasteiger partial charge in [0.05, 0.1) is 38.8 Å². The van der Waals surface area contributed by atoms with Crippen molar-refractivity contribution < 1.29 is 28.1 Å². The average molecular weight is 515 g/mol. The average Bonchev–Trinajstić information content (AvgIpc) is 2.82. The Bertz CT molecular complexity index is 1260. The Morgan fingerprint density at radius 2 is 1.39 bits per heavy atom. The van der Waals surface area contributed by atoms with E-state index in [0.29, 0.717) is 12.1 Å². The summed E-state index contributed by atoms with van der Waals surface area (Å²) in [5, 5.41) is 23.6. The predicted molar refractivity (Wildman–Crippen MR) is 142 cm³/mol. The maximum absolute atomic E-state index is 11.7. The molecule has 0 amide bonds. The number of anilines is 1. The van der Waals surface area contributed by atoms with Gasteiger partial charge < -0.3 is 25.0 Å². The molecule has 0 aromatic heterocycles. The first-order chi connectivity index (χ1) is 17.1. The highest BCUT2D eigenvalue weighted by atomic mass is 32.2. The highest BCUT2D eigenvalue weighted by Gasteiger charge is 2.20. The molecule has 0 bridgehead atoms. The standard InChI is InChI=1S/C27H34N2O6S/c1-17-12-19(7-10-26(17)34-3)22(20-8-11-27(35-4)18(2)13-20)15-28-24(16-30)21-6-9-25(31)23(14-21)29-36(5,32)33/h6-14,22,24,28-31H,15-16H2,1-5H3/t24-/m0/s1. The summed E-state index contributed by atoms with van der Waals surface area (Å²) in [4.78, 5) is 0. The SMILES string of the molecule is COc1ccc(C(CN[C@@H](CO)c2ccc(O)c(NS(C)(=O)=O)c2)c2ccc(OC)c(C)c2)cc1C. The van der Waals surface area contributed by atoms with E-state index in [0.717, 1.165) is 40.0 Å². The Hall–Kier alpha value is -3.27. The van der Waals surface area contributed by atoms with Crippen LogP contribution in [-0.4, -0.2) is 52.3 Å². The zero-order valence-electron chi connectivity index (χ0n) is 21.2. The molecule has 4 N–H and O–H groups in total. The van der Waals surface area contributed by atoms with E-state index in [1.54, 1.807) is 20.3 Å². The smallest absolute Gasteiger partial charge is 0.229 e. The highest BCUT2D eigenvalue weighted by Crippen LogP contribution is 2.32. The van der Waals surface area contributed by atoms with Crippen LogP contribution in [0.1, 0.15) is 39.8 Å². The molecular formula is C27H34N2O6S. The second-order valence-electron chi connectivity index (χ2n) is 8.80. The first-order valence-corrected chi connectivity index (χ1v) is 13.4. The second kappa shape index (κ2) is 11.6. The third-order valence-corrected chi connectivity index (χ3v) is 6.70. The first-order valence-electron chi connectivity index (χ1n) is 11.5.